The monoisotopic (exact) mass is 333 g/mol. The number of H-pyrrole nitrogens is 1. The van der Waals surface area contributed by atoms with Crippen LogP contribution >= 0.6 is 0 Å². The quantitative estimate of drug-likeness (QED) is 0.780. The fourth-order valence-electron chi connectivity index (χ4n) is 3.39. The number of rotatable bonds is 5. The van der Waals surface area contributed by atoms with E-state index >= 15 is 0 Å². The lowest BCUT2D eigenvalue weighted by Gasteiger charge is -2.32. The molecule has 1 aromatic rings. The van der Waals surface area contributed by atoms with Crippen LogP contribution in [0.2, 0.25) is 0 Å². The van der Waals surface area contributed by atoms with Gasteiger partial charge in [-0.1, -0.05) is 6.92 Å². The van der Waals surface area contributed by atoms with Gasteiger partial charge in [-0.25, -0.2) is 4.79 Å². The highest BCUT2D eigenvalue weighted by atomic mass is 16.2. The summed E-state index contributed by atoms with van der Waals surface area (Å²) in [5, 5.41) is 9.57. The molecule has 8 nitrogen and oxygen atoms in total. The van der Waals surface area contributed by atoms with E-state index in [4.69, 9.17) is 0 Å². The molecule has 0 aliphatic carbocycles. The topological polar surface area (TPSA) is 98.4 Å². The number of amides is 4. The van der Waals surface area contributed by atoms with Gasteiger partial charge in [-0.15, -0.1) is 0 Å². The van der Waals surface area contributed by atoms with E-state index in [1.54, 1.807) is 11.1 Å². The van der Waals surface area contributed by atoms with Gasteiger partial charge in [0.25, 0.3) is 5.91 Å². The molecule has 2 aliphatic heterocycles. The van der Waals surface area contributed by atoms with Gasteiger partial charge in [-0.2, -0.15) is 5.10 Å². The Morgan fingerprint density at radius 1 is 1.33 bits per heavy atom. The third-order valence-corrected chi connectivity index (χ3v) is 4.74. The number of piperidine rings is 1. The number of aromatic amines is 1. The van der Waals surface area contributed by atoms with Gasteiger partial charge in [0.05, 0.1) is 6.42 Å². The molecule has 2 N–H and O–H groups in total. The normalized spacial score (nSPS) is 22.1. The molecule has 3 heterocycles. The Kier molecular flexibility index (Phi) is 4.82. The number of nitrogens with zero attached hydrogens (tertiary/aromatic N) is 3. The van der Waals surface area contributed by atoms with E-state index in [2.05, 4.69) is 15.5 Å². The van der Waals surface area contributed by atoms with Crippen molar-refractivity contribution in [1.29, 1.82) is 0 Å². The minimum atomic E-state index is -0.720. The molecule has 0 saturated carbocycles. The van der Waals surface area contributed by atoms with Crippen LogP contribution in [0.1, 0.15) is 44.2 Å². The summed E-state index contributed by atoms with van der Waals surface area (Å²) in [6.45, 7) is 3.62. The molecular weight excluding hydrogens is 310 g/mol. The van der Waals surface area contributed by atoms with Gasteiger partial charge in [-0.05, 0) is 25.3 Å². The second-order valence-electron chi connectivity index (χ2n) is 6.36. The molecule has 0 aromatic carbocycles. The molecule has 2 fully saturated rings. The lowest BCUT2D eigenvalue weighted by Crippen LogP contribution is -2.42. The zero-order valence-electron chi connectivity index (χ0n) is 13.8. The number of likely N-dealkylation sites (tertiary alicyclic amines) is 1. The maximum absolute atomic E-state index is 12.4. The third-order valence-electron chi connectivity index (χ3n) is 4.74. The first kappa shape index (κ1) is 16.5. The minimum Gasteiger partial charge on any atom is -0.343 e. The molecule has 0 radical (unpaired) electrons. The van der Waals surface area contributed by atoms with Crippen LogP contribution in [0, 0.1) is 0 Å². The average molecular weight is 333 g/mol. The van der Waals surface area contributed by atoms with Gasteiger partial charge in [0.1, 0.15) is 6.04 Å². The van der Waals surface area contributed by atoms with Gasteiger partial charge >= 0.3 is 6.03 Å². The summed E-state index contributed by atoms with van der Waals surface area (Å²) in [5.41, 5.74) is 1.11. The van der Waals surface area contributed by atoms with Crippen LogP contribution in [-0.4, -0.2) is 63.5 Å². The molecule has 4 amide bonds. The van der Waals surface area contributed by atoms with Crippen molar-refractivity contribution < 1.29 is 14.4 Å². The Hall–Kier alpha value is -2.38. The van der Waals surface area contributed by atoms with Gasteiger partial charge in [0.15, 0.2) is 0 Å². The summed E-state index contributed by atoms with van der Waals surface area (Å²) in [4.78, 5) is 39.4. The number of hydrogen-bond acceptors (Lipinski definition) is 4. The summed E-state index contributed by atoms with van der Waals surface area (Å²) in [5.74, 6) is 0.0296. The van der Waals surface area contributed by atoms with Crippen molar-refractivity contribution in [3.63, 3.8) is 0 Å². The second-order valence-corrected chi connectivity index (χ2v) is 6.36. The first-order valence-electron chi connectivity index (χ1n) is 8.49. The number of carbonyl (C=O) groups excluding carboxylic acids is 3. The molecule has 2 saturated heterocycles. The van der Waals surface area contributed by atoms with Crippen LogP contribution in [0.25, 0.3) is 0 Å². The van der Waals surface area contributed by atoms with Crippen LogP contribution in [0.15, 0.2) is 12.3 Å². The molecule has 24 heavy (non-hydrogen) atoms. The molecular formula is C16H23N5O3. The third kappa shape index (κ3) is 3.27. The van der Waals surface area contributed by atoms with Crippen molar-refractivity contribution in [3.8, 4) is 0 Å². The van der Waals surface area contributed by atoms with E-state index in [-0.39, 0.29) is 18.2 Å². The van der Waals surface area contributed by atoms with Crippen molar-refractivity contribution in [1.82, 2.24) is 25.3 Å². The van der Waals surface area contributed by atoms with Gasteiger partial charge in [-0.3, -0.25) is 19.6 Å². The van der Waals surface area contributed by atoms with Crippen LogP contribution in [0.4, 0.5) is 4.79 Å². The highest BCUT2D eigenvalue weighted by Gasteiger charge is 2.39. The Morgan fingerprint density at radius 2 is 2.08 bits per heavy atom. The van der Waals surface area contributed by atoms with E-state index < -0.39 is 12.1 Å². The molecule has 0 bridgehead atoms. The Morgan fingerprint density at radius 3 is 2.71 bits per heavy atom. The highest BCUT2D eigenvalue weighted by molar-refractivity contribution is 6.05. The minimum absolute atomic E-state index is 0.0412. The predicted molar refractivity (Wildman–Crippen MR) is 86.1 cm³/mol. The molecule has 130 valence electrons. The maximum Gasteiger partial charge on any atom is 0.324 e. The summed E-state index contributed by atoms with van der Waals surface area (Å²) < 4.78 is 0. The fourth-order valence-corrected chi connectivity index (χ4v) is 3.39. The van der Waals surface area contributed by atoms with Crippen molar-refractivity contribution in [2.75, 3.05) is 19.6 Å². The van der Waals surface area contributed by atoms with Gasteiger partial charge in [0.2, 0.25) is 5.91 Å². The van der Waals surface area contributed by atoms with Crippen LogP contribution < -0.4 is 5.32 Å². The standard InChI is InChI=1S/C16H23N5O3/c1-2-7-21-15(23)13(18-16(21)24)10-14(22)20-8-4-11(5-9-20)12-3-6-17-19-12/h3,6,11,13H,2,4-5,7-10H2,1H3,(H,17,19)(H,18,24)/t13-/m1/s1. The highest BCUT2D eigenvalue weighted by Crippen LogP contribution is 2.26. The number of nitrogens with one attached hydrogen (secondary N) is 2. The van der Waals surface area contributed by atoms with Crippen molar-refractivity contribution in [3.05, 3.63) is 18.0 Å². The number of urea groups is 1. The molecule has 2 aliphatic rings. The first-order chi connectivity index (χ1) is 11.6. The smallest absolute Gasteiger partial charge is 0.324 e. The van der Waals surface area contributed by atoms with Crippen LogP contribution in [0.3, 0.4) is 0 Å². The Bertz CT molecular complexity index is 607. The largest absolute Gasteiger partial charge is 0.343 e. The van der Waals surface area contributed by atoms with E-state index in [0.717, 1.165) is 18.5 Å². The lowest BCUT2D eigenvalue weighted by atomic mass is 9.93. The maximum atomic E-state index is 12.4. The van der Waals surface area contributed by atoms with Crippen molar-refractivity contribution in [2.45, 2.75) is 44.6 Å². The average Bonchev–Trinajstić information content (AvgIpc) is 3.20. The van der Waals surface area contributed by atoms with E-state index in [1.807, 2.05) is 13.0 Å². The summed E-state index contributed by atoms with van der Waals surface area (Å²) in [6, 6.07) is 0.858. The zero-order chi connectivity index (χ0) is 17.1. The van der Waals surface area contributed by atoms with E-state index in [9.17, 15) is 14.4 Å². The SMILES string of the molecule is CCCN1C(=O)N[C@H](CC(=O)N2CCC(c3ccn[nH]3)CC2)C1=O. The van der Waals surface area contributed by atoms with Crippen molar-refractivity contribution >= 4 is 17.8 Å². The number of aromatic nitrogens is 2. The molecule has 8 heteroatoms. The molecule has 1 aromatic heterocycles. The molecule has 3 rings (SSSR count). The molecule has 0 unspecified atom stereocenters. The Labute approximate surface area is 140 Å². The van der Waals surface area contributed by atoms with Gasteiger partial charge < -0.3 is 10.2 Å². The van der Waals surface area contributed by atoms with Crippen LogP contribution in [-0.2, 0) is 9.59 Å². The number of carbonyl (C=O) groups is 3. The van der Waals surface area contributed by atoms with E-state index in [0.29, 0.717) is 32.0 Å². The summed E-state index contributed by atoms with van der Waals surface area (Å²) in [6.07, 6.45) is 4.24. The number of hydrogen-bond donors (Lipinski definition) is 2. The van der Waals surface area contributed by atoms with E-state index in [1.165, 1.54) is 4.90 Å². The lowest BCUT2D eigenvalue weighted by molar-refractivity contribution is -0.136. The fraction of sp³-hybridized carbons (Fsp3) is 0.625. The first-order valence-corrected chi connectivity index (χ1v) is 8.49. The Balaban J connectivity index is 1.51. The summed E-state index contributed by atoms with van der Waals surface area (Å²) in [7, 11) is 0. The molecule has 1 atom stereocenters. The summed E-state index contributed by atoms with van der Waals surface area (Å²) >= 11 is 0. The second kappa shape index (κ2) is 7.02. The molecule has 0 spiro atoms. The number of imide groups is 1. The van der Waals surface area contributed by atoms with Crippen LogP contribution in [0.5, 0.6) is 0 Å². The predicted octanol–water partition coefficient (Wildman–Crippen LogP) is 0.836. The zero-order valence-corrected chi connectivity index (χ0v) is 13.8. The van der Waals surface area contributed by atoms with Crippen molar-refractivity contribution in [2.24, 2.45) is 0 Å². The van der Waals surface area contributed by atoms with Gasteiger partial charge in [0, 0.05) is 37.4 Å².